The predicted octanol–water partition coefficient (Wildman–Crippen LogP) is -0.399. The van der Waals surface area contributed by atoms with E-state index in [1.165, 1.54) is 11.8 Å². The third-order valence-corrected chi connectivity index (χ3v) is 1.36. The van der Waals surface area contributed by atoms with Crippen molar-refractivity contribution in [2.75, 3.05) is 19.6 Å². The molecule has 0 bridgehead atoms. The summed E-state index contributed by atoms with van der Waals surface area (Å²) < 4.78 is 0. The van der Waals surface area contributed by atoms with E-state index in [1.54, 1.807) is 0 Å². The van der Waals surface area contributed by atoms with Crippen LogP contribution in [-0.2, 0) is 4.79 Å². The standard InChI is InChI=1S/C6H10N2O2/c1-5(9)4-8-3-2-7-6(8)10/h2-4H2,1H3,(H,7,10). The van der Waals surface area contributed by atoms with Crippen molar-refractivity contribution in [2.24, 2.45) is 0 Å². The van der Waals surface area contributed by atoms with E-state index in [4.69, 9.17) is 0 Å². The minimum atomic E-state index is -0.129. The third-order valence-electron chi connectivity index (χ3n) is 1.36. The predicted molar refractivity (Wildman–Crippen MR) is 35.7 cm³/mol. The van der Waals surface area contributed by atoms with Crippen LogP contribution < -0.4 is 5.32 Å². The molecule has 0 saturated carbocycles. The summed E-state index contributed by atoms with van der Waals surface area (Å²) in [7, 11) is 0. The Balaban J connectivity index is 2.40. The van der Waals surface area contributed by atoms with E-state index in [9.17, 15) is 9.59 Å². The van der Waals surface area contributed by atoms with Gasteiger partial charge >= 0.3 is 6.03 Å². The summed E-state index contributed by atoms with van der Waals surface area (Å²) >= 11 is 0. The van der Waals surface area contributed by atoms with Crippen LogP contribution in [-0.4, -0.2) is 36.3 Å². The minimum Gasteiger partial charge on any atom is -0.336 e. The second-order valence-corrected chi connectivity index (χ2v) is 2.36. The number of nitrogens with one attached hydrogen (secondary N) is 1. The maximum atomic E-state index is 10.8. The maximum Gasteiger partial charge on any atom is 0.317 e. The zero-order valence-electron chi connectivity index (χ0n) is 5.89. The van der Waals surface area contributed by atoms with Crippen molar-refractivity contribution in [1.82, 2.24) is 10.2 Å². The maximum absolute atomic E-state index is 10.8. The highest BCUT2D eigenvalue weighted by Gasteiger charge is 2.19. The van der Waals surface area contributed by atoms with Crippen LogP contribution in [0.3, 0.4) is 0 Å². The van der Waals surface area contributed by atoms with Crippen LogP contribution >= 0.6 is 0 Å². The van der Waals surface area contributed by atoms with Crippen molar-refractivity contribution >= 4 is 11.8 Å². The van der Waals surface area contributed by atoms with Crippen LogP contribution in [0.5, 0.6) is 0 Å². The molecule has 1 rings (SSSR count). The van der Waals surface area contributed by atoms with E-state index < -0.39 is 0 Å². The quantitative estimate of drug-likeness (QED) is 0.570. The molecule has 1 aliphatic heterocycles. The van der Waals surface area contributed by atoms with E-state index >= 15 is 0 Å². The molecule has 0 aromatic carbocycles. The topological polar surface area (TPSA) is 49.4 Å². The normalized spacial score (nSPS) is 17.3. The molecule has 0 spiro atoms. The molecule has 10 heavy (non-hydrogen) atoms. The first-order chi connectivity index (χ1) is 4.70. The van der Waals surface area contributed by atoms with E-state index in [0.29, 0.717) is 13.1 Å². The number of nitrogens with zero attached hydrogens (tertiary/aromatic N) is 1. The molecular weight excluding hydrogens is 132 g/mol. The fraction of sp³-hybridized carbons (Fsp3) is 0.667. The van der Waals surface area contributed by atoms with Gasteiger partial charge in [0.15, 0.2) is 0 Å². The molecule has 2 amide bonds. The zero-order chi connectivity index (χ0) is 7.56. The van der Waals surface area contributed by atoms with Gasteiger partial charge < -0.3 is 10.2 Å². The van der Waals surface area contributed by atoms with Gasteiger partial charge in [0.25, 0.3) is 0 Å². The molecular formula is C6H10N2O2. The van der Waals surface area contributed by atoms with Gasteiger partial charge in [-0.3, -0.25) is 4.79 Å². The average Bonchev–Trinajstić information content (AvgIpc) is 2.15. The van der Waals surface area contributed by atoms with E-state index in [-0.39, 0.29) is 18.4 Å². The molecule has 0 atom stereocenters. The summed E-state index contributed by atoms with van der Waals surface area (Å²) in [6.07, 6.45) is 0. The van der Waals surface area contributed by atoms with E-state index in [1.807, 2.05) is 0 Å². The molecule has 4 heteroatoms. The second kappa shape index (κ2) is 2.68. The monoisotopic (exact) mass is 142 g/mol. The largest absolute Gasteiger partial charge is 0.336 e. The molecule has 0 aliphatic carbocycles. The fourth-order valence-corrected chi connectivity index (χ4v) is 0.931. The number of hydrogen-bond acceptors (Lipinski definition) is 2. The van der Waals surface area contributed by atoms with E-state index in [0.717, 1.165) is 0 Å². The molecule has 1 N–H and O–H groups in total. The highest BCUT2D eigenvalue weighted by atomic mass is 16.2. The molecule has 0 aromatic heterocycles. The molecule has 1 heterocycles. The Bertz CT molecular complexity index is 167. The van der Waals surface area contributed by atoms with Crippen molar-refractivity contribution in [2.45, 2.75) is 6.92 Å². The molecule has 0 unspecified atom stereocenters. The van der Waals surface area contributed by atoms with Gasteiger partial charge in [-0.2, -0.15) is 0 Å². The Morgan fingerprint density at radius 3 is 2.90 bits per heavy atom. The summed E-state index contributed by atoms with van der Waals surface area (Å²) in [5, 5.41) is 2.61. The lowest BCUT2D eigenvalue weighted by atomic mass is 10.4. The number of rotatable bonds is 2. The van der Waals surface area contributed by atoms with Crippen LogP contribution in [0.25, 0.3) is 0 Å². The van der Waals surface area contributed by atoms with Crippen LogP contribution in [0, 0.1) is 0 Å². The highest BCUT2D eigenvalue weighted by Crippen LogP contribution is 1.94. The van der Waals surface area contributed by atoms with Crippen molar-refractivity contribution in [3.8, 4) is 0 Å². The Hall–Kier alpha value is -1.06. The number of carbonyl (C=O) groups excluding carboxylic acids is 2. The first-order valence-corrected chi connectivity index (χ1v) is 3.22. The third kappa shape index (κ3) is 1.46. The van der Waals surface area contributed by atoms with Gasteiger partial charge in [0.1, 0.15) is 5.78 Å². The first kappa shape index (κ1) is 7.05. The smallest absolute Gasteiger partial charge is 0.317 e. The molecule has 0 aromatic rings. The lowest BCUT2D eigenvalue weighted by molar-refractivity contribution is -0.117. The van der Waals surface area contributed by atoms with Gasteiger partial charge in [0, 0.05) is 13.1 Å². The second-order valence-electron chi connectivity index (χ2n) is 2.36. The molecule has 1 saturated heterocycles. The van der Waals surface area contributed by atoms with Gasteiger partial charge in [-0.1, -0.05) is 0 Å². The Morgan fingerprint density at radius 2 is 2.50 bits per heavy atom. The number of carbonyl (C=O) groups is 2. The number of amides is 2. The number of ketones is 1. The Kier molecular flexibility index (Phi) is 1.89. The zero-order valence-corrected chi connectivity index (χ0v) is 5.89. The van der Waals surface area contributed by atoms with Crippen LogP contribution in [0.15, 0.2) is 0 Å². The van der Waals surface area contributed by atoms with Gasteiger partial charge in [-0.05, 0) is 6.92 Å². The fourth-order valence-electron chi connectivity index (χ4n) is 0.931. The number of Topliss-reactive ketones (excluding diaryl/α,β-unsaturated/α-hetero) is 1. The van der Waals surface area contributed by atoms with Gasteiger partial charge in [0.2, 0.25) is 0 Å². The van der Waals surface area contributed by atoms with E-state index in [2.05, 4.69) is 5.32 Å². The van der Waals surface area contributed by atoms with Crippen LogP contribution in [0.2, 0.25) is 0 Å². The summed E-state index contributed by atoms with van der Waals surface area (Å²) in [5.41, 5.74) is 0. The summed E-state index contributed by atoms with van der Waals surface area (Å²) in [5.74, 6) is 0.0250. The van der Waals surface area contributed by atoms with Crippen molar-refractivity contribution < 1.29 is 9.59 Å². The SMILES string of the molecule is CC(=O)CN1CCNC1=O. The van der Waals surface area contributed by atoms with Crippen molar-refractivity contribution in [1.29, 1.82) is 0 Å². The Labute approximate surface area is 59.2 Å². The number of urea groups is 1. The number of hydrogen-bond donors (Lipinski definition) is 1. The highest BCUT2D eigenvalue weighted by molar-refractivity contribution is 5.84. The lowest BCUT2D eigenvalue weighted by Gasteiger charge is -2.10. The summed E-state index contributed by atoms with van der Waals surface area (Å²) in [6, 6.07) is -0.129. The molecule has 1 fully saturated rings. The summed E-state index contributed by atoms with van der Waals surface area (Å²) in [6.45, 7) is 3.03. The van der Waals surface area contributed by atoms with Crippen molar-refractivity contribution in [3.63, 3.8) is 0 Å². The first-order valence-electron chi connectivity index (χ1n) is 3.22. The lowest BCUT2D eigenvalue weighted by Crippen LogP contribution is -2.32. The van der Waals surface area contributed by atoms with Gasteiger partial charge in [0.05, 0.1) is 6.54 Å². The van der Waals surface area contributed by atoms with Crippen LogP contribution in [0.1, 0.15) is 6.92 Å². The molecule has 56 valence electrons. The van der Waals surface area contributed by atoms with Crippen molar-refractivity contribution in [3.05, 3.63) is 0 Å². The summed E-state index contributed by atoms with van der Waals surface area (Å²) in [4.78, 5) is 22.8. The molecule has 1 aliphatic rings. The van der Waals surface area contributed by atoms with Crippen LogP contribution in [0.4, 0.5) is 4.79 Å². The van der Waals surface area contributed by atoms with Gasteiger partial charge in [-0.15, -0.1) is 0 Å². The van der Waals surface area contributed by atoms with Gasteiger partial charge in [-0.25, -0.2) is 4.79 Å². The average molecular weight is 142 g/mol. The minimum absolute atomic E-state index is 0.0250. The molecule has 0 radical (unpaired) electrons. The Morgan fingerprint density at radius 1 is 1.80 bits per heavy atom. The molecule has 4 nitrogen and oxygen atoms in total.